The second-order valence-corrected chi connectivity index (χ2v) is 9.25. The van der Waals surface area contributed by atoms with Gasteiger partial charge in [-0.05, 0) is 56.3 Å². The van der Waals surface area contributed by atoms with E-state index in [-0.39, 0.29) is 17.9 Å². The second-order valence-electron chi connectivity index (χ2n) is 9.25. The molecule has 0 bridgehead atoms. The van der Waals surface area contributed by atoms with Gasteiger partial charge in [0, 0.05) is 44.6 Å². The van der Waals surface area contributed by atoms with E-state index in [1.54, 1.807) is 0 Å². The van der Waals surface area contributed by atoms with Crippen LogP contribution in [0.2, 0.25) is 0 Å². The molecule has 0 aromatic rings. The molecule has 4 aliphatic rings. The first-order chi connectivity index (χ1) is 12.7. The summed E-state index contributed by atoms with van der Waals surface area (Å²) in [6, 6.07) is 0.289. The van der Waals surface area contributed by atoms with Crippen molar-refractivity contribution in [2.24, 2.45) is 23.7 Å². The van der Waals surface area contributed by atoms with Crippen LogP contribution in [0.4, 0.5) is 0 Å². The van der Waals surface area contributed by atoms with Gasteiger partial charge >= 0.3 is 0 Å². The second kappa shape index (κ2) is 8.28. The first-order valence-electron chi connectivity index (χ1n) is 11.0. The summed E-state index contributed by atoms with van der Waals surface area (Å²) in [6.45, 7) is 4.06. The van der Waals surface area contributed by atoms with Crippen molar-refractivity contribution in [3.05, 3.63) is 0 Å². The molecule has 146 valence electrons. The first kappa shape index (κ1) is 18.3. The smallest absolute Gasteiger partial charge is 0.225 e. The largest absolute Gasteiger partial charge is 0.353 e. The summed E-state index contributed by atoms with van der Waals surface area (Å²) < 4.78 is 0. The molecule has 0 spiro atoms. The van der Waals surface area contributed by atoms with Crippen LogP contribution in [0.15, 0.2) is 0 Å². The van der Waals surface area contributed by atoms with Gasteiger partial charge in [0.25, 0.3) is 0 Å². The minimum atomic E-state index is 0.188. The Morgan fingerprint density at radius 2 is 1.54 bits per heavy atom. The molecule has 2 atom stereocenters. The lowest BCUT2D eigenvalue weighted by atomic mass is 9.84. The molecule has 26 heavy (non-hydrogen) atoms. The van der Waals surface area contributed by atoms with Gasteiger partial charge in [0.1, 0.15) is 0 Å². The lowest BCUT2D eigenvalue weighted by Gasteiger charge is -2.31. The van der Waals surface area contributed by atoms with Gasteiger partial charge in [-0.3, -0.25) is 9.59 Å². The van der Waals surface area contributed by atoms with Crippen molar-refractivity contribution in [1.29, 1.82) is 0 Å². The molecule has 2 aliphatic heterocycles. The molecule has 2 aliphatic carbocycles. The topological polar surface area (TPSA) is 61.4 Å². The normalized spacial score (nSPS) is 35.3. The third kappa shape index (κ3) is 4.24. The molecule has 0 radical (unpaired) electrons. The number of hydrogen-bond donors (Lipinski definition) is 2. The summed E-state index contributed by atoms with van der Waals surface area (Å²) in [5.41, 5.74) is 0. The van der Waals surface area contributed by atoms with E-state index in [2.05, 4.69) is 15.5 Å². The summed E-state index contributed by atoms with van der Waals surface area (Å²) in [6.07, 6.45) is 10.9. The molecule has 0 aromatic heterocycles. The van der Waals surface area contributed by atoms with Crippen LogP contribution in [-0.4, -0.2) is 48.9 Å². The maximum absolute atomic E-state index is 12.8. The van der Waals surface area contributed by atoms with Crippen molar-refractivity contribution in [2.45, 2.75) is 70.3 Å². The highest BCUT2D eigenvalue weighted by Gasteiger charge is 2.40. The average molecular weight is 362 g/mol. The molecule has 2 amide bonds. The van der Waals surface area contributed by atoms with E-state index in [0.29, 0.717) is 30.1 Å². The highest BCUT2D eigenvalue weighted by atomic mass is 16.2. The third-order valence-electron chi connectivity index (χ3n) is 7.34. The molecule has 5 heteroatoms. The third-order valence-corrected chi connectivity index (χ3v) is 7.34. The van der Waals surface area contributed by atoms with Gasteiger partial charge in [-0.1, -0.05) is 19.3 Å². The van der Waals surface area contributed by atoms with Gasteiger partial charge < -0.3 is 15.5 Å². The Hall–Kier alpha value is -1.10. The van der Waals surface area contributed by atoms with Crippen molar-refractivity contribution in [2.75, 3.05) is 26.2 Å². The number of hydrogen-bond acceptors (Lipinski definition) is 3. The van der Waals surface area contributed by atoms with Crippen LogP contribution in [0.1, 0.15) is 64.2 Å². The quantitative estimate of drug-likeness (QED) is 0.808. The summed E-state index contributed by atoms with van der Waals surface area (Å²) in [4.78, 5) is 27.3. The monoisotopic (exact) mass is 361 g/mol. The van der Waals surface area contributed by atoms with E-state index in [1.807, 2.05) is 0 Å². The predicted octanol–water partition coefficient (Wildman–Crippen LogP) is 2.31. The maximum atomic E-state index is 12.8. The molecule has 0 aromatic carbocycles. The number of fused-ring (bicyclic) bond motifs is 1. The van der Waals surface area contributed by atoms with Crippen LogP contribution in [-0.2, 0) is 9.59 Å². The molecule has 4 rings (SSSR count). The Labute approximate surface area is 157 Å². The Balaban J connectivity index is 1.18. The van der Waals surface area contributed by atoms with Crippen LogP contribution in [0.5, 0.6) is 0 Å². The summed E-state index contributed by atoms with van der Waals surface area (Å²) in [5, 5.41) is 6.69. The Morgan fingerprint density at radius 1 is 0.885 bits per heavy atom. The summed E-state index contributed by atoms with van der Waals surface area (Å²) >= 11 is 0. The summed E-state index contributed by atoms with van der Waals surface area (Å²) in [5.74, 6) is 2.76. The fourth-order valence-electron chi connectivity index (χ4n) is 5.72. The molecular formula is C21H35N3O2. The van der Waals surface area contributed by atoms with Crippen molar-refractivity contribution < 1.29 is 9.59 Å². The van der Waals surface area contributed by atoms with E-state index in [4.69, 9.17) is 0 Å². The average Bonchev–Trinajstić information content (AvgIpc) is 3.24. The van der Waals surface area contributed by atoms with Crippen LogP contribution >= 0.6 is 0 Å². The highest BCUT2D eigenvalue weighted by Crippen LogP contribution is 2.32. The van der Waals surface area contributed by atoms with Gasteiger partial charge in [0.15, 0.2) is 0 Å². The standard InChI is InChI=1S/C21H35N3O2/c25-20(10-15-4-2-1-3-5-15)23-19-8-6-16(7-9-19)21(26)24-13-17-11-22-12-18(17)14-24/h15-19,22H,1-14H2,(H,23,25)/t16?,17-,18+,19?. The van der Waals surface area contributed by atoms with Gasteiger partial charge in [0.05, 0.1) is 0 Å². The van der Waals surface area contributed by atoms with Crippen LogP contribution in [0.25, 0.3) is 0 Å². The Bertz CT molecular complexity index is 497. The van der Waals surface area contributed by atoms with Crippen molar-refractivity contribution >= 4 is 11.8 Å². The SMILES string of the molecule is O=C(CC1CCCCC1)NC1CCC(C(=O)N2C[C@H]3CNC[C@H]3C2)CC1. The lowest BCUT2D eigenvalue weighted by Crippen LogP contribution is -2.42. The number of carbonyl (C=O) groups excluding carboxylic acids is 2. The number of likely N-dealkylation sites (tertiary alicyclic amines) is 1. The fourth-order valence-corrected chi connectivity index (χ4v) is 5.72. The summed E-state index contributed by atoms with van der Waals surface area (Å²) in [7, 11) is 0. The van der Waals surface area contributed by atoms with E-state index in [1.165, 1.54) is 32.1 Å². The van der Waals surface area contributed by atoms with Gasteiger partial charge in [-0.15, -0.1) is 0 Å². The Morgan fingerprint density at radius 3 is 2.19 bits per heavy atom. The number of amides is 2. The molecule has 5 nitrogen and oxygen atoms in total. The van der Waals surface area contributed by atoms with E-state index in [0.717, 1.165) is 51.9 Å². The van der Waals surface area contributed by atoms with Crippen LogP contribution < -0.4 is 10.6 Å². The van der Waals surface area contributed by atoms with Crippen LogP contribution in [0.3, 0.4) is 0 Å². The molecule has 2 N–H and O–H groups in total. The maximum Gasteiger partial charge on any atom is 0.225 e. The van der Waals surface area contributed by atoms with Crippen molar-refractivity contribution in [3.8, 4) is 0 Å². The molecule has 2 saturated carbocycles. The zero-order valence-corrected chi connectivity index (χ0v) is 16.0. The number of nitrogens with one attached hydrogen (secondary N) is 2. The van der Waals surface area contributed by atoms with E-state index < -0.39 is 0 Å². The van der Waals surface area contributed by atoms with Gasteiger partial charge in [-0.25, -0.2) is 0 Å². The van der Waals surface area contributed by atoms with Crippen LogP contribution in [0, 0.1) is 23.7 Å². The van der Waals surface area contributed by atoms with Gasteiger partial charge in [0.2, 0.25) is 11.8 Å². The minimum absolute atomic E-state index is 0.188. The molecule has 2 heterocycles. The zero-order chi connectivity index (χ0) is 17.9. The van der Waals surface area contributed by atoms with E-state index >= 15 is 0 Å². The molecule has 0 unspecified atom stereocenters. The number of carbonyl (C=O) groups is 2. The predicted molar refractivity (Wildman–Crippen MR) is 102 cm³/mol. The minimum Gasteiger partial charge on any atom is -0.353 e. The molecule has 4 fully saturated rings. The fraction of sp³-hybridized carbons (Fsp3) is 0.905. The lowest BCUT2D eigenvalue weighted by molar-refractivity contribution is -0.135. The van der Waals surface area contributed by atoms with Crippen molar-refractivity contribution in [1.82, 2.24) is 15.5 Å². The van der Waals surface area contributed by atoms with Crippen molar-refractivity contribution in [3.63, 3.8) is 0 Å². The number of nitrogens with zero attached hydrogens (tertiary/aromatic N) is 1. The van der Waals surface area contributed by atoms with Gasteiger partial charge in [-0.2, -0.15) is 0 Å². The number of rotatable bonds is 4. The Kier molecular flexibility index (Phi) is 5.82. The first-order valence-corrected chi connectivity index (χ1v) is 11.0. The zero-order valence-electron chi connectivity index (χ0n) is 16.0. The van der Waals surface area contributed by atoms with E-state index in [9.17, 15) is 9.59 Å². The molecular weight excluding hydrogens is 326 g/mol. The highest BCUT2D eigenvalue weighted by molar-refractivity contribution is 5.79. The molecule has 2 saturated heterocycles.